The van der Waals surface area contributed by atoms with E-state index >= 15 is 0 Å². The molecule has 0 aliphatic carbocycles. The quantitative estimate of drug-likeness (QED) is 0.722. The van der Waals surface area contributed by atoms with Gasteiger partial charge in [0, 0.05) is 49.0 Å². The van der Waals surface area contributed by atoms with E-state index in [-0.39, 0.29) is 0 Å². The number of pyridine rings is 1. The van der Waals surface area contributed by atoms with Crippen molar-refractivity contribution in [1.82, 2.24) is 14.5 Å². The minimum Gasteiger partial charge on any atom is -0.342 e. The molecule has 1 aliphatic rings. The first-order chi connectivity index (χ1) is 7.84. The van der Waals surface area contributed by atoms with Crippen LogP contribution in [0.4, 0.5) is 0 Å². The summed E-state index contributed by atoms with van der Waals surface area (Å²) >= 11 is 0. The summed E-state index contributed by atoms with van der Waals surface area (Å²) in [6, 6.07) is 8.58. The van der Waals surface area contributed by atoms with E-state index in [1.165, 1.54) is 17.0 Å². The molecule has 0 saturated heterocycles. The van der Waals surface area contributed by atoms with Crippen LogP contribution in [0.1, 0.15) is 5.69 Å². The van der Waals surface area contributed by atoms with Gasteiger partial charge in [0.15, 0.2) is 0 Å². The van der Waals surface area contributed by atoms with Crippen molar-refractivity contribution >= 4 is 0 Å². The maximum Gasteiger partial charge on any atom is 0.0484 e. The lowest BCUT2D eigenvalue weighted by Gasteiger charge is -2.26. The van der Waals surface area contributed by atoms with Crippen LogP contribution in [0.15, 0.2) is 36.7 Å². The van der Waals surface area contributed by atoms with Crippen LogP contribution in [-0.2, 0) is 13.1 Å². The zero-order valence-corrected chi connectivity index (χ0v) is 9.43. The highest BCUT2D eigenvalue weighted by molar-refractivity contribution is 5.60. The lowest BCUT2D eigenvalue weighted by Crippen LogP contribution is -2.30. The second-order valence-corrected chi connectivity index (χ2v) is 4.34. The predicted molar refractivity (Wildman–Crippen MR) is 64.0 cm³/mol. The third kappa shape index (κ3) is 1.53. The molecule has 0 aromatic carbocycles. The van der Waals surface area contributed by atoms with E-state index in [0.29, 0.717) is 0 Å². The Bertz CT molecular complexity index is 487. The van der Waals surface area contributed by atoms with Crippen LogP contribution in [-0.4, -0.2) is 28.0 Å². The number of aromatic nitrogens is 2. The van der Waals surface area contributed by atoms with E-state index in [2.05, 4.69) is 45.8 Å². The highest BCUT2D eigenvalue weighted by atomic mass is 15.2. The molecule has 0 bridgehead atoms. The number of rotatable bonds is 1. The summed E-state index contributed by atoms with van der Waals surface area (Å²) in [6.07, 6.45) is 3.70. The SMILES string of the molecule is CN1CCn2c(ccc2-c2ccncc2)C1. The van der Waals surface area contributed by atoms with Gasteiger partial charge >= 0.3 is 0 Å². The molecule has 3 heterocycles. The molecule has 0 spiro atoms. The van der Waals surface area contributed by atoms with Gasteiger partial charge in [-0.15, -0.1) is 0 Å². The molecule has 3 heteroatoms. The molecule has 0 amide bonds. The molecule has 0 saturated carbocycles. The second kappa shape index (κ2) is 3.76. The smallest absolute Gasteiger partial charge is 0.0484 e. The first-order valence-corrected chi connectivity index (χ1v) is 5.62. The first-order valence-electron chi connectivity index (χ1n) is 5.62. The fourth-order valence-electron chi connectivity index (χ4n) is 2.31. The van der Waals surface area contributed by atoms with E-state index in [1.54, 1.807) is 0 Å². The van der Waals surface area contributed by atoms with E-state index in [9.17, 15) is 0 Å². The third-order valence-corrected chi connectivity index (χ3v) is 3.18. The zero-order chi connectivity index (χ0) is 11.0. The monoisotopic (exact) mass is 213 g/mol. The maximum atomic E-state index is 4.06. The minimum absolute atomic E-state index is 1.05. The fourth-order valence-corrected chi connectivity index (χ4v) is 2.31. The highest BCUT2D eigenvalue weighted by Gasteiger charge is 2.15. The van der Waals surface area contributed by atoms with Crippen LogP contribution in [0.25, 0.3) is 11.3 Å². The molecular formula is C13H15N3. The van der Waals surface area contributed by atoms with Crippen molar-refractivity contribution in [3.8, 4) is 11.3 Å². The zero-order valence-electron chi connectivity index (χ0n) is 9.43. The highest BCUT2D eigenvalue weighted by Crippen LogP contribution is 2.24. The summed E-state index contributed by atoms with van der Waals surface area (Å²) in [5.41, 5.74) is 3.97. The van der Waals surface area contributed by atoms with Gasteiger partial charge in [-0.25, -0.2) is 0 Å². The fraction of sp³-hybridized carbons (Fsp3) is 0.308. The van der Waals surface area contributed by atoms with Crippen molar-refractivity contribution in [3.05, 3.63) is 42.4 Å². The molecule has 0 radical (unpaired) electrons. The van der Waals surface area contributed by atoms with Crippen LogP contribution in [0.5, 0.6) is 0 Å². The molecule has 82 valence electrons. The molecule has 2 aromatic rings. The predicted octanol–water partition coefficient (Wildman–Crippen LogP) is 2.00. The van der Waals surface area contributed by atoms with Crippen LogP contribution in [0.2, 0.25) is 0 Å². The summed E-state index contributed by atoms with van der Waals surface area (Å²) in [5, 5.41) is 0. The normalized spacial score (nSPS) is 16.1. The Morgan fingerprint density at radius 1 is 1.06 bits per heavy atom. The molecule has 0 N–H and O–H groups in total. The Balaban J connectivity index is 2.04. The van der Waals surface area contributed by atoms with Crippen molar-refractivity contribution in [2.24, 2.45) is 0 Å². The first kappa shape index (κ1) is 9.60. The Morgan fingerprint density at radius 2 is 1.88 bits per heavy atom. The van der Waals surface area contributed by atoms with Gasteiger partial charge in [-0.3, -0.25) is 9.88 Å². The van der Waals surface area contributed by atoms with E-state index in [0.717, 1.165) is 19.6 Å². The van der Waals surface area contributed by atoms with Gasteiger partial charge < -0.3 is 4.57 Å². The third-order valence-electron chi connectivity index (χ3n) is 3.18. The number of hydrogen-bond acceptors (Lipinski definition) is 2. The molecule has 0 fully saturated rings. The van der Waals surface area contributed by atoms with Gasteiger partial charge in [-0.05, 0) is 31.3 Å². The summed E-state index contributed by atoms with van der Waals surface area (Å²) in [4.78, 5) is 6.41. The summed E-state index contributed by atoms with van der Waals surface area (Å²) in [6.45, 7) is 3.25. The standard InChI is InChI=1S/C13H15N3/c1-15-8-9-16-12(10-15)2-3-13(16)11-4-6-14-7-5-11/h2-7H,8-10H2,1H3. The Hall–Kier alpha value is -1.61. The Morgan fingerprint density at radius 3 is 2.69 bits per heavy atom. The topological polar surface area (TPSA) is 21.1 Å². The number of nitrogens with zero attached hydrogens (tertiary/aromatic N) is 3. The van der Waals surface area contributed by atoms with Gasteiger partial charge in [0.2, 0.25) is 0 Å². The van der Waals surface area contributed by atoms with Gasteiger partial charge in [0.05, 0.1) is 0 Å². The van der Waals surface area contributed by atoms with Crippen LogP contribution < -0.4 is 0 Å². The molecule has 0 atom stereocenters. The van der Waals surface area contributed by atoms with Crippen LogP contribution in [0, 0.1) is 0 Å². The van der Waals surface area contributed by atoms with Gasteiger partial charge in [-0.1, -0.05) is 0 Å². The summed E-state index contributed by atoms with van der Waals surface area (Å²) in [7, 11) is 2.17. The molecule has 2 aromatic heterocycles. The number of likely N-dealkylation sites (N-methyl/N-ethyl adjacent to an activating group) is 1. The lowest BCUT2D eigenvalue weighted by atomic mass is 10.2. The molecule has 3 rings (SSSR count). The van der Waals surface area contributed by atoms with Crippen molar-refractivity contribution in [3.63, 3.8) is 0 Å². The summed E-state index contributed by atoms with van der Waals surface area (Å²) < 4.78 is 2.41. The van der Waals surface area contributed by atoms with Crippen molar-refractivity contribution < 1.29 is 0 Å². The van der Waals surface area contributed by atoms with Crippen LogP contribution in [0.3, 0.4) is 0 Å². The number of hydrogen-bond donors (Lipinski definition) is 0. The van der Waals surface area contributed by atoms with Gasteiger partial charge in [-0.2, -0.15) is 0 Å². The molecule has 1 aliphatic heterocycles. The van der Waals surface area contributed by atoms with E-state index in [1.807, 2.05) is 12.4 Å². The van der Waals surface area contributed by atoms with E-state index < -0.39 is 0 Å². The van der Waals surface area contributed by atoms with E-state index in [4.69, 9.17) is 0 Å². The van der Waals surface area contributed by atoms with Gasteiger partial charge in [0.25, 0.3) is 0 Å². The average molecular weight is 213 g/mol. The minimum atomic E-state index is 1.05. The largest absolute Gasteiger partial charge is 0.342 e. The summed E-state index contributed by atoms with van der Waals surface area (Å²) in [5.74, 6) is 0. The van der Waals surface area contributed by atoms with Crippen molar-refractivity contribution in [1.29, 1.82) is 0 Å². The van der Waals surface area contributed by atoms with Gasteiger partial charge in [0.1, 0.15) is 0 Å². The Labute approximate surface area is 95.3 Å². The molecular weight excluding hydrogens is 198 g/mol. The second-order valence-electron chi connectivity index (χ2n) is 4.34. The molecule has 3 nitrogen and oxygen atoms in total. The van der Waals surface area contributed by atoms with Crippen LogP contribution >= 0.6 is 0 Å². The number of fused-ring (bicyclic) bond motifs is 1. The molecule has 16 heavy (non-hydrogen) atoms. The maximum absolute atomic E-state index is 4.06. The van der Waals surface area contributed by atoms with Crippen molar-refractivity contribution in [2.75, 3.05) is 13.6 Å². The Kier molecular flexibility index (Phi) is 2.26. The lowest BCUT2D eigenvalue weighted by molar-refractivity contribution is 0.271. The van der Waals surface area contributed by atoms with Crippen molar-refractivity contribution in [2.45, 2.75) is 13.1 Å². The molecule has 0 unspecified atom stereocenters. The average Bonchev–Trinajstić information content (AvgIpc) is 2.73.